The van der Waals surface area contributed by atoms with E-state index < -0.39 is 0 Å². The molecule has 2 rings (SSSR count). The van der Waals surface area contributed by atoms with Gasteiger partial charge in [0.2, 0.25) is 5.91 Å². The van der Waals surface area contributed by atoms with Crippen molar-refractivity contribution >= 4 is 32.6 Å². The zero-order valence-electron chi connectivity index (χ0n) is 12.8. The Labute approximate surface area is 129 Å². The second-order valence-corrected chi connectivity index (χ2v) is 6.53. The van der Waals surface area contributed by atoms with Gasteiger partial charge in [-0.15, -0.1) is 0 Å². The lowest BCUT2D eigenvalue weighted by molar-refractivity contribution is -0.116. The van der Waals surface area contributed by atoms with E-state index in [9.17, 15) is 4.79 Å². The molecule has 0 aliphatic heterocycles. The maximum atomic E-state index is 11.8. The molecule has 1 N–H and O–H groups in total. The Kier molecular flexibility index (Phi) is 5.56. The van der Waals surface area contributed by atoms with Crippen LogP contribution in [0, 0.1) is 5.92 Å². The summed E-state index contributed by atoms with van der Waals surface area (Å²) < 4.78 is 6.72. The second kappa shape index (κ2) is 7.41. The molecule has 0 atom stereocenters. The fourth-order valence-electron chi connectivity index (χ4n) is 1.92. The lowest BCUT2D eigenvalue weighted by Gasteiger charge is -2.04. The Morgan fingerprint density at radius 1 is 1.43 bits per heavy atom. The van der Waals surface area contributed by atoms with Crippen LogP contribution in [0.1, 0.15) is 40.0 Å². The molecule has 21 heavy (non-hydrogen) atoms. The summed E-state index contributed by atoms with van der Waals surface area (Å²) in [5, 5.41) is 3.52. The number of anilines is 1. The van der Waals surface area contributed by atoms with Crippen molar-refractivity contribution in [2.75, 3.05) is 11.9 Å². The molecule has 1 heterocycles. The molecule has 2 aromatic rings. The third-order valence-corrected chi connectivity index (χ3v) is 3.90. The molecule has 0 saturated heterocycles. The van der Waals surface area contributed by atoms with Crippen LogP contribution in [-0.4, -0.2) is 17.5 Å². The molecule has 5 heteroatoms. The number of unbranched alkanes of at least 4 members (excludes halogenated alkanes) is 1. The van der Waals surface area contributed by atoms with Gasteiger partial charge in [-0.25, -0.2) is 4.98 Å². The van der Waals surface area contributed by atoms with Crippen LogP contribution < -0.4 is 10.1 Å². The summed E-state index contributed by atoms with van der Waals surface area (Å²) in [5.41, 5.74) is 0.891. The van der Waals surface area contributed by atoms with Gasteiger partial charge in [0.15, 0.2) is 5.13 Å². The third-order valence-electron chi connectivity index (χ3n) is 2.97. The summed E-state index contributed by atoms with van der Waals surface area (Å²) >= 11 is 1.48. The lowest BCUT2D eigenvalue weighted by Crippen LogP contribution is -2.13. The number of carbonyl (C=O) groups excluding carboxylic acids is 1. The van der Waals surface area contributed by atoms with Crippen LogP contribution in [0.4, 0.5) is 5.13 Å². The number of nitrogens with zero attached hydrogens (tertiary/aromatic N) is 1. The van der Waals surface area contributed by atoms with E-state index >= 15 is 0 Å². The molecule has 0 saturated carbocycles. The molecule has 1 amide bonds. The predicted molar refractivity (Wildman–Crippen MR) is 88.1 cm³/mol. The first-order chi connectivity index (χ1) is 10.1. The molecule has 1 aromatic heterocycles. The van der Waals surface area contributed by atoms with Gasteiger partial charge in [-0.2, -0.15) is 0 Å². The van der Waals surface area contributed by atoms with Gasteiger partial charge in [0.05, 0.1) is 16.8 Å². The maximum Gasteiger partial charge on any atom is 0.226 e. The number of hydrogen-bond donors (Lipinski definition) is 1. The van der Waals surface area contributed by atoms with Gasteiger partial charge in [-0.3, -0.25) is 4.79 Å². The highest BCUT2D eigenvalue weighted by Crippen LogP contribution is 2.29. The number of fused-ring (bicyclic) bond motifs is 1. The van der Waals surface area contributed by atoms with Crippen LogP contribution in [0.25, 0.3) is 10.2 Å². The first-order valence-electron chi connectivity index (χ1n) is 7.41. The Balaban J connectivity index is 2.05. The molecule has 114 valence electrons. The highest BCUT2D eigenvalue weighted by atomic mass is 32.1. The van der Waals surface area contributed by atoms with Crippen LogP contribution in [-0.2, 0) is 4.79 Å². The van der Waals surface area contributed by atoms with E-state index in [0.29, 0.717) is 17.5 Å². The molecule has 0 aliphatic carbocycles. The van der Waals surface area contributed by atoms with E-state index in [2.05, 4.69) is 17.2 Å². The smallest absolute Gasteiger partial charge is 0.226 e. The van der Waals surface area contributed by atoms with E-state index in [1.807, 2.05) is 32.0 Å². The van der Waals surface area contributed by atoms with Gasteiger partial charge in [-0.1, -0.05) is 38.5 Å². The summed E-state index contributed by atoms with van der Waals surface area (Å²) in [7, 11) is 0. The number of nitrogens with one attached hydrogen (secondary N) is 1. The number of hydrogen-bond acceptors (Lipinski definition) is 4. The highest BCUT2D eigenvalue weighted by Gasteiger charge is 2.10. The van der Waals surface area contributed by atoms with Crippen molar-refractivity contribution < 1.29 is 9.53 Å². The Hall–Kier alpha value is -1.62. The molecule has 0 radical (unpaired) electrons. The van der Waals surface area contributed by atoms with Gasteiger partial charge in [0.1, 0.15) is 5.75 Å². The van der Waals surface area contributed by atoms with Crippen molar-refractivity contribution in [1.29, 1.82) is 0 Å². The third kappa shape index (κ3) is 4.70. The summed E-state index contributed by atoms with van der Waals surface area (Å²) in [6.07, 6.45) is 2.69. The van der Waals surface area contributed by atoms with E-state index in [4.69, 9.17) is 4.74 Å². The number of thiazole rings is 1. The van der Waals surface area contributed by atoms with Crippen molar-refractivity contribution in [3.05, 3.63) is 18.2 Å². The van der Waals surface area contributed by atoms with Crippen molar-refractivity contribution in [2.45, 2.75) is 40.0 Å². The van der Waals surface area contributed by atoms with Gasteiger partial charge in [0.25, 0.3) is 0 Å². The van der Waals surface area contributed by atoms with Gasteiger partial charge < -0.3 is 10.1 Å². The number of ether oxygens (including phenoxy) is 1. The quantitative estimate of drug-likeness (QED) is 0.768. The normalized spacial score (nSPS) is 11.0. The molecular formula is C16H22N2O2S. The standard InChI is InChI=1S/C16H22N2O2S/c1-4-5-8-20-12-6-7-13-14(10-12)21-16(17-13)18-15(19)9-11(2)3/h6-7,10-11H,4-5,8-9H2,1-3H3,(H,17,18,19). The number of benzene rings is 1. The number of amides is 1. The van der Waals surface area contributed by atoms with Gasteiger partial charge in [0, 0.05) is 6.42 Å². The minimum absolute atomic E-state index is 0.0171. The summed E-state index contributed by atoms with van der Waals surface area (Å²) in [5.74, 6) is 1.22. The van der Waals surface area contributed by atoms with Crippen molar-refractivity contribution in [3.63, 3.8) is 0 Å². The van der Waals surface area contributed by atoms with E-state index in [1.165, 1.54) is 11.3 Å². The summed E-state index contributed by atoms with van der Waals surface area (Å²) in [4.78, 5) is 16.2. The predicted octanol–water partition coefficient (Wildman–Crippen LogP) is 4.46. The molecule has 0 aliphatic rings. The molecule has 0 bridgehead atoms. The zero-order valence-corrected chi connectivity index (χ0v) is 13.6. The number of rotatable bonds is 7. The molecular weight excluding hydrogens is 284 g/mol. The van der Waals surface area contributed by atoms with E-state index in [-0.39, 0.29) is 5.91 Å². The van der Waals surface area contributed by atoms with Crippen LogP contribution in [0.5, 0.6) is 5.75 Å². The zero-order chi connectivity index (χ0) is 15.2. The first-order valence-corrected chi connectivity index (χ1v) is 8.23. The Morgan fingerprint density at radius 3 is 2.95 bits per heavy atom. The van der Waals surface area contributed by atoms with Gasteiger partial charge >= 0.3 is 0 Å². The second-order valence-electron chi connectivity index (χ2n) is 5.50. The molecule has 1 aromatic carbocycles. The lowest BCUT2D eigenvalue weighted by atomic mass is 10.1. The van der Waals surface area contributed by atoms with Gasteiger partial charge in [-0.05, 0) is 30.5 Å². The van der Waals surface area contributed by atoms with E-state index in [1.54, 1.807) is 0 Å². The highest BCUT2D eigenvalue weighted by molar-refractivity contribution is 7.22. The van der Waals surface area contributed by atoms with Crippen molar-refractivity contribution in [2.24, 2.45) is 5.92 Å². The van der Waals surface area contributed by atoms with Crippen LogP contribution in [0.3, 0.4) is 0 Å². The SMILES string of the molecule is CCCCOc1ccc2nc(NC(=O)CC(C)C)sc2c1. The van der Waals surface area contributed by atoms with E-state index in [0.717, 1.165) is 35.4 Å². The maximum absolute atomic E-state index is 11.8. The van der Waals surface area contributed by atoms with Crippen molar-refractivity contribution in [3.8, 4) is 5.75 Å². The minimum Gasteiger partial charge on any atom is -0.494 e. The molecule has 4 nitrogen and oxygen atoms in total. The van der Waals surface area contributed by atoms with Crippen LogP contribution >= 0.6 is 11.3 Å². The largest absolute Gasteiger partial charge is 0.494 e. The minimum atomic E-state index is 0.0171. The van der Waals surface area contributed by atoms with Crippen LogP contribution in [0.15, 0.2) is 18.2 Å². The monoisotopic (exact) mass is 306 g/mol. The summed E-state index contributed by atoms with van der Waals surface area (Å²) in [6.45, 7) is 6.93. The fourth-order valence-corrected chi connectivity index (χ4v) is 2.83. The average Bonchev–Trinajstić information content (AvgIpc) is 2.79. The molecule has 0 fully saturated rings. The van der Waals surface area contributed by atoms with Crippen LogP contribution in [0.2, 0.25) is 0 Å². The first kappa shape index (κ1) is 15.8. The Bertz CT molecular complexity index is 607. The Morgan fingerprint density at radius 2 is 2.24 bits per heavy atom. The topological polar surface area (TPSA) is 51.2 Å². The molecule has 0 spiro atoms. The number of aromatic nitrogens is 1. The number of carbonyl (C=O) groups is 1. The molecule has 0 unspecified atom stereocenters. The average molecular weight is 306 g/mol. The van der Waals surface area contributed by atoms with Crippen molar-refractivity contribution in [1.82, 2.24) is 4.98 Å². The fraction of sp³-hybridized carbons (Fsp3) is 0.500. The summed E-state index contributed by atoms with van der Waals surface area (Å²) in [6, 6.07) is 5.85.